The summed E-state index contributed by atoms with van der Waals surface area (Å²) in [6.45, 7) is 1.66. The van der Waals surface area contributed by atoms with Gasteiger partial charge in [-0.3, -0.25) is 19.6 Å². The predicted molar refractivity (Wildman–Crippen MR) is 87.2 cm³/mol. The minimum atomic E-state index is -1.21. The Morgan fingerprint density at radius 1 is 1.50 bits per heavy atom. The molecule has 0 saturated carbocycles. The molecule has 0 fully saturated rings. The number of rotatable bonds is 7. The number of non-ortho nitro benzene ring substituents is 1. The number of aliphatic hydroxyl groups is 1. The summed E-state index contributed by atoms with van der Waals surface area (Å²) < 4.78 is 1.58. The van der Waals surface area contributed by atoms with Crippen LogP contribution in [0.15, 0.2) is 36.7 Å². The molecule has 24 heavy (non-hydrogen) atoms. The molecular weight excluding hydrogens is 312 g/mol. The molecule has 0 aliphatic carbocycles. The lowest BCUT2D eigenvalue weighted by molar-refractivity contribution is -0.384. The summed E-state index contributed by atoms with van der Waals surface area (Å²) in [5, 5.41) is 27.8. The van der Waals surface area contributed by atoms with Gasteiger partial charge in [0, 0.05) is 37.4 Å². The molecule has 0 aliphatic heterocycles. The Balaban J connectivity index is 1.85. The molecule has 0 radical (unpaired) electrons. The first-order valence-corrected chi connectivity index (χ1v) is 7.49. The number of carbonyl (C=O) groups is 1. The maximum atomic E-state index is 11.9. The highest BCUT2D eigenvalue weighted by Gasteiger charge is 2.25. The number of nitrogens with one attached hydrogen (secondary N) is 1. The highest BCUT2D eigenvalue weighted by atomic mass is 16.6. The maximum Gasteiger partial charge on any atom is 0.269 e. The molecule has 1 heterocycles. The third-order valence-electron chi connectivity index (χ3n) is 3.72. The molecule has 8 heteroatoms. The standard InChI is InChI=1S/C16H20N4O4/c1-16(22,13-9-18-19(2)10-13)11-17-15(21)7-6-12-4-3-5-14(8-12)20(23)24/h3-5,8-10,22H,6-7,11H2,1-2H3,(H,17,21). The number of aryl methyl sites for hydroxylation is 2. The number of hydrogen-bond acceptors (Lipinski definition) is 5. The van der Waals surface area contributed by atoms with Crippen LogP contribution in [-0.2, 0) is 23.9 Å². The van der Waals surface area contributed by atoms with Crippen molar-refractivity contribution in [2.45, 2.75) is 25.4 Å². The molecule has 1 aromatic heterocycles. The van der Waals surface area contributed by atoms with Crippen LogP contribution in [0.25, 0.3) is 0 Å². The summed E-state index contributed by atoms with van der Waals surface area (Å²) in [5.74, 6) is -0.231. The highest BCUT2D eigenvalue weighted by molar-refractivity contribution is 5.76. The molecule has 0 aliphatic rings. The van der Waals surface area contributed by atoms with Crippen molar-refractivity contribution in [2.75, 3.05) is 6.54 Å². The highest BCUT2D eigenvalue weighted by Crippen LogP contribution is 2.18. The van der Waals surface area contributed by atoms with E-state index >= 15 is 0 Å². The largest absolute Gasteiger partial charge is 0.383 e. The Kier molecular flexibility index (Phi) is 5.30. The van der Waals surface area contributed by atoms with Crippen molar-refractivity contribution in [3.05, 3.63) is 57.9 Å². The SMILES string of the molecule is Cn1cc(C(C)(O)CNC(=O)CCc2cccc([N+](=O)[O-])c2)cn1. The molecule has 128 valence electrons. The Hall–Kier alpha value is -2.74. The van der Waals surface area contributed by atoms with E-state index < -0.39 is 10.5 Å². The van der Waals surface area contributed by atoms with Gasteiger partial charge >= 0.3 is 0 Å². The minimum absolute atomic E-state index is 0.00687. The van der Waals surface area contributed by atoms with Gasteiger partial charge in [0.05, 0.1) is 17.7 Å². The quantitative estimate of drug-likeness (QED) is 0.586. The van der Waals surface area contributed by atoms with Crippen molar-refractivity contribution in [3.63, 3.8) is 0 Å². The number of nitro groups is 1. The number of amides is 1. The van der Waals surface area contributed by atoms with Gasteiger partial charge in [-0.1, -0.05) is 12.1 Å². The number of benzene rings is 1. The molecule has 1 unspecified atom stereocenters. The smallest absolute Gasteiger partial charge is 0.269 e. The zero-order valence-corrected chi connectivity index (χ0v) is 13.6. The van der Waals surface area contributed by atoms with Crippen LogP contribution in [0.5, 0.6) is 0 Å². The van der Waals surface area contributed by atoms with Gasteiger partial charge in [0.15, 0.2) is 0 Å². The lowest BCUT2D eigenvalue weighted by atomic mass is 9.99. The molecular formula is C16H20N4O4. The zero-order chi connectivity index (χ0) is 17.7. The number of carbonyl (C=O) groups excluding carboxylic acids is 1. The van der Waals surface area contributed by atoms with Crippen LogP contribution in [-0.4, -0.2) is 32.3 Å². The average molecular weight is 332 g/mol. The van der Waals surface area contributed by atoms with E-state index in [2.05, 4.69) is 10.4 Å². The summed E-state index contributed by atoms with van der Waals surface area (Å²) in [7, 11) is 1.75. The van der Waals surface area contributed by atoms with Crippen molar-refractivity contribution < 1.29 is 14.8 Å². The second-order valence-corrected chi connectivity index (χ2v) is 5.88. The molecule has 1 aromatic carbocycles. The first-order valence-electron chi connectivity index (χ1n) is 7.49. The number of aromatic nitrogens is 2. The fourth-order valence-corrected chi connectivity index (χ4v) is 2.24. The van der Waals surface area contributed by atoms with Gasteiger partial charge in [0.25, 0.3) is 5.69 Å². The second kappa shape index (κ2) is 7.22. The molecule has 1 atom stereocenters. The fraction of sp³-hybridized carbons (Fsp3) is 0.375. The Morgan fingerprint density at radius 3 is 2.88 bits per heavy atom. The molecule has 2 aromatic rings. The van der Waals surface area contributed by atoms with Gasteiger partial charge in [-0.2, -0.15) is 5.10 Å². The topological polar surface area (TPSA) is 110 Å². The number of nitrogens with zero attached hydrogens (tertiary/aromatic N) is 3. The zero-order valence-electron chi connectivity index (χ0n) is 13.6. The fourth-order valence-electron chi connectivity index (χ4n) is 2.24. The van der Waals surface area contributed by atoms with E-state index in [0.29, 0.717) is 12.0 Å². The molecule has 0 spiro atoms. The summed E-state index contributed by atoms with van der Waals surface area (Å²) in [6.07, 6.45) is 3.82. The summed E-state index contributed by atoms with van der Waals surface area (Å²) in [4.78, 5) is 22.2. The molecule has 0 bridgehead atoms. The summed E-state index contributed by atoms with van der Waals surface area (Å²) >= 11 is 0. The van der Waals surface area contributed by atoms with E-state index in [1.165, 1.54) is 12.1 Å². The lowest BCUT2D eigenvalue weighted by Gasteiger charge is -2.22. The van der Waals surface area contributed by atoms with Crippen molar-refractivity contribution in [2.24, 2.45) is 7.05 Å². The van der Waals surface area contributed by atoms with Crippen LogP contribution in [0, 0.1) is 10.1 Å². The van der Waals surface area contributed by atoms with Crippen molar-refractivity contribution in [3.8, 4) is 0 Å². The van der Waals surface area contributed by atoms with Crippen molar-refractivity contribution >= 4 is 11.6 Å². The Labute approximate surface area is 139 Å². The molecule has 2 N–H and O–H groups in total. The first kappa shape index (κ1) is 17.6. The van der Waals surface area contributed by atoms with Crippen LogP contribution in [0.2, 0.25) is 0 Å². The maximum absolute atomic E-state index is 11.9. The van der Waals surface area contributed by atoms with Crippen LogP contribution >= 0.6 is 0 Å². The van der Waals surface area contributed by atoms with Gasteiger partial charge in [0.2, 0.25) is 5.91 Å². The van der Waals surface area contributed by atoms with Gasteiger partial charge in [0.1, 0.15) is 5.60 Å². The van der Waals surface area contributed by atoms with Crippen LogP contribution in [0.3, 0.4) is 0 Å². The van der Waals surface area contributed by atoms with E-state index in [1.54, 1.807) is 43.2 Å². The van der Waals surface area contributed by atoms with Crippen LogP contribution in [0.1, 0.15) is 24.5 Å². The van der Waals surface area contributed by atoms with Crippen molar-refractivity contribution in [1.82, 2.24) is 15.1 Å². The van der Waals surface area contributed by atoms with Crippen LogP contribution < -0.4 is 5.32 Å². The summed E-state index contributed by atoms with van der Waals surface area (Å²) in [6, 6.07) is 6.21. The molecule has 8 nitrogen and oxygen atoms in total. The molecule has 2 rings (SSSR count). The average Bonchev–Trinajstić information content (AvgIpc) is 2.99. The van der Waals surface area contributed by atoms with E-state index in [-0.39, 0.29) is 24.6 Å². The van der Waals surface area contributed by atoms with E-state index in [4.69, 9.17) is 0 Å². The van der Waals surface area contributed by atoms with E-state index in [1.807, 2.05) is 0 Å². The minimum Gasteiger partial charge on any atom is -0.383 e. The third-order valence-corrected chi connectivity index (χ3v) is 3.72. The Morgan fingerprint density at radius 2 is 2.25 bits per heavy atom. The molecule has 1 amide bonds. The van der Waals surface area contributed by atoms with Gasteiger partial charge in [-0.05, 0) is 18.9 Å². The lowest BCUT2D eigenvalue weighted by Crippen LogP contribution is -2.38. The van der Waals surface area contributed by atoms with Crippen LogP contribution in [0.4, 0.5) is 5.69 Å². The summed E-state index contributed by atoms with van der Waals surface area (Å²) in [5.41, 5.74) is 0.130. The molecule has 0 saturated heterocycles. The second-order valence-electron chi connectivity index (χ2n) is 5.88. The van der Waals surface area contributed by atoms with Crippen molar-refractivity contribution in [1.29, 1.82) is 0 Å². The van der Waals surface area contributed by atoms with Gasteiger partial charge in [-0.15, -0.1) is 0 Å². The van der Waals surface area contributed by atoms with Gasteiger partial charge < -0.3 is 10.4 Å². The van der Waals surface area contributed by atoms with E-state index in [0.717, 1.165) is 5.56 Å². The number of nitro benzene ring substituents is 1. The van der Waals surface area contributed by atoms with E-state index in [9.17, 15) is 20.0 Å². The first-order chi connectivity index (χ1) is 11.3. The third kappa shape index (κ3) is 4.63. The predicted octanol–water partition coefficient (Wildman–Crippen LogP) is 1.28. The normalized spacial score (nSPS) is 13.3. The number of hydrogen-bond donors (Lipinski definition) is 2. The Bertz CT molecular complexity index is 739. The monoisotopic (exact) mass is 332 g/mol. The van der Waals surface area contributed by atoms with Gasteiger partial charge in [-0.25, -0.2) is 0 Å².